The molecule has 136 valence electrons. The number of nitrogens with zero attached hydrogens (tertiary/aromatic N) is 5. The number of hydrogen-bond acceptors (Lipinski definition) is 5. The molecule has 27 heavy (non-hydrogen) atoms. The van der Waals surface area contributed by atoms with Crippen molar-refractivity contribution >= 4 is 5.65 Å². The molecule has 0 aliphatic carbocycles. The molecule has 0 saturated carbocycles. The number of imidazole rings is 1. The van der Waals surface area contributed by atoms with Crippen LogP contribution in [-0.2, 0) is 6.54 Å². The van der Waals surface area contributed by atoms with Crippen molar-refractivity contribution in [3.8, 4) is 17.1 Å². The zero-order valence-electron chi connectivity index (χ0n) is 13.9. The molecule has 4 aromatic rings. The minimum Gasteiger partial charge on any atom is -0.417 e. The van der Waals surface area contributed by atoms with Gasteiger partial charge >= 0.3 is 6.61 Å². The lowest BCUT2D eigenvalue weighted by Crippen LogP contribution is -2.23. The third kappa shape index (κ3) is 3.66. The van der Waals surface area contributed by atoms with Gasteiger partial charge < -0.3 is 9.14 Å². The van der Waals surface area contributed by atoms with E-state index in [2.05, 4.69) is 19.8 Å². The molecule has 9 heteroatoms. The zero-order chi connectivity index (χ0) is 18.8. The first kappa shape index (κ1) is 16.8. The average Bonchev–Trinajstić information content (AvgIpc) is 3.06. The first-order chi connectivity index (χ1) is 13.1. The molecule has 7 nitrogen and oxygen atoms in total. The molecule has 0 saturated heterocycles. The van der Waals surface area contributed by atoms with E-state index in [-0.39, 0.29) is 18.0 Å². The van der Waals surface area contributed by atoms with Crippen molar-refractivity contribution in [1.29, 1.82) is 0 Å². The molecule has 0 fully saturated rings. The van der Waals surface area contributed by atoms with Gasteiger partial charge in [0.1, 0.15) is 5.65 Å². The number of alkyl halides is 2. The van der Waals surface area contributed by atoms with Crippen molar-refractivity contribution in [2.45, 2.75) is 13.2 Å². The molecule has 0 aliphatic rings. The van der Waals surface area contributed by atoms with Gasteiger partial charge in [0.2, 0.25) is 5.88 Å². The molecule has 4 rings (SSSR count). The van der Waals surface area contributed by atoms with Crippen LogP contribution in [0.15, 0.2) is 65.8 Å². The summed E-state index contributed by atoms with van der Waals surface area (Å²) >= 11 is 0. The second kappa shape index (κ2) is 6.94. The summed E-state index contributed by atoms with van der Waals surface area (Å²) in [7, 11) is 0. The van der Waals surface area contributed by atoms with Gasteiger partial charge in [0.05, 0.1) is 17.9 Å². The Balaban J connectivity index is 1.62. The number of ether oxygens (including phenoxy) is 1. The molecule has 0 atom stereocenters. The lowest BCUT2D eigenvalue weighted by atomic mass is 10.2. The Morgan fingerprint density at radius 2 is 2.00 bits per heavy atom. The maximum atomic E-state index is 12.2. The number of pyridine rings is 2. The summed E-state index contributed by atoms with van der Waals surface area (Å²) in [6, 6.07) is 11.4. The van der Waals surface area contributed by atoms with Crippen molar-refractivity contribution in [1.82, 2.24) is 24.1 Å². The topological polar surface area (TPSA) is 74.3 Å². The van der Waals surface area contributed by atoms with E-state index in [0.717, 1.165) is 5.65 Å². The molecule has 0 aromatic carbocycles. The minimum absolute atomic E-state index is 0.188. The maximum absolute atomic E-state index is 12.2. The Labute approximate surface area is 151 Å². The normalized spacial score (nSPS) is 11.2. The predicted octanol–water partition coefficient (Wildman–Crippen LogP) is 2.60. The number of rotatable bonds is 5. The zero-order valence-corrected chi connectivity index (χ0v) is 13.9. The van der Waals surface area contributed by atoms with Crippen LogP contribution in [0.2, 0.25) is 0 Å². The fourth-order valence-electron chi connectivity index (χ4n) is 2.63. The monoisotopic (exact) mass is 369 g/mol. The van der Waals surface area contributed by atoms with Crippen LogP contribution in [0, 0.1) is 0 Å². The summed E-state index contributed by atoms with van der Waals surface area (Å²) in [5, 5.41) is 4.32. The van der Waals surface area contributed by atoms with Crippen LogP contribution in [0.5, 0.6) is 5.88 Å². The minimum atomic E-state index is -2.94. The summed E-state index contributed by atoms with van der Waals surface area (Å²) in [5.74, 6) is -0.188. The van der Waals surface area contributed by atoms with Gasteiger partial charge in [0.15, 0.2) is 0 Å². The highest BCUT2D eigenvalue weighted by atomic mass is 19.3. The third-order valence-corrected chi connectivity index (χ3v) is 3.83. The van der Waals surface area contributed by atoms with Gasteiger partial charge in [-0.15, -0.1) is 0 Å². The molecule has 0 bridgehead atoms. The number of halogens is 2. The first-order valence-corrected chi connectivity index (χ1v) is 8.00. The van der Waals surface area contributed by atoms with E-state index < -0.39 is 6.61 Å². The van der Waals surface area contributed by atoms with Crippen molar-refractivity contribution in [2.24, 2.45) is 0 Å². The predicted molar refractivity (Wildman–Crippen MR) is 92.7 cm³/mol. The van der Waals surface area contributed by atoms with Crippen LogP contribution in [-0.4, -0.2) is 30.8 Å². The Hall–Kier alpha value is -3.62. The summed E-state index contributed by atoms with van der Waals surface area (Å²) < 4.78 is 31.8. The highest BCUT2D eigenvalue weighted by molar-refractivity contribution is 5.57. The van der Waals surface area contributed by atoms with Gasteiger partial charge in [-0.25, -0.2) is 14.6 Å². The van der Waals surface area contributed by atoms with Gasteiger partial charge in [-0.2, -0.15) is 13.9 Å². The van der Waals surface area contributed by atoms with Crippen LogP contribution in [0.3, 0.4) is 0 Å². The number of aromatic nitrogens is 5. The molecule has 0 aliphatic heterocycles. The Bertz CT molecular complexity index is 1110. The smallest absolute Gasteiger partial charge is 0.388 e. The summed E-state index contributed by atoms with van der Waals surface area (Å²) in [6.07, 6.45) is 5.06. The fourth-order valence-corrected chi connectivity index (χ4v) is 2.63. The van der Waals surface area contributed by atoms with Crippen LogP contribution < -0.4 is 10.3 Å². The van der Waals surface area contributed by atoms with Crippen LogP contribution >= 0.6 is 0 Å². The molecule has 0 N–H and O–H groups in total. The van der Waals surface area contributed by atoms with Crippen LogP contribution in [0.1, 0.15) is 5.69 Å². The van der Waals surface area contributed by atoms with E-state index in [1.807, 2.05) is 35.0 Å². The van der Waals surface area contributed by atoms with Gasteiger partial charge in [-0.1, -0.05) is 6.07 Å². The Morgan fingerprint density at radius 1 is 1.11 bits per heavy atom. The fraction of sp³-hybridized carbons (Fsp3) is 0.111. The van der Waals surface area contributed by atoms with E-state index in [0.29, 0.717) is 17.0 Å². The van der Waals surface area contributed by atoms with E-state index in [1.54, 1.807) is 12.1 Å². The molecule has 0 amide bonds. The van der Waals surface area contributed by atoms with Crippen molar-refractivity contribution in [3.05, 3.63) is 77.1 Å². The van der Waals surface area contributed by atoms with Gasteiger partial charge in [0.25, 0.3) is 5.56 Å². The molecule has 0 unspecified atom stereocenters. The SMILES string of the molecule is O=c1ccc(-c2ccc(OC(F)F)nc2)nn1Cc1cn2ccccc2n1. The number of hydrogen-bond donors (Lipinski definition) is 0. The maximum Gasteiger partial charge on any atom is 0.388 e. The molecule has 4 heterocycles. The Morgan fingerprint density at radius 3 is 2.74 bits per heavy atom. The standard InChI is InChI=1S/C18H13F2N5O2/c19-18(20)27-16-6-4-12(9-21-16)14-5-7-17(26)25(23-14)11-13-10-24-8-2-1-3-15(24)22-13/h1-10,18H,11H2. The highest BCUT2D eigenvalue weighted by Crippen LogP contribution is 2.18. The van der Waals surface area contributed by atoms with E-state index in [4.69, 9.17) is 0 Å². The Kier molecular flexibility index (Phi) is 4.33. The molecule has 4 aromatic heterocycles. The van der Waals surface area contributed by atoms with E-state index >= 15 is 0 Å². The summed E-state index contributed by atoms with van der Waals surface area (Å²) in [5.41, 5.74) is 2.23. The average molecular weight is 369 g/mol. The second-order valence-corrected chi connectivity index (χ2v) is 5.68. The van der Waals surface area contributed by atoms with E-state index in [1.165, 1.54) is 23.0 Å². The third-order valence-electron chi connectivity index (χ3n) is 3.83. The molecule has 0 radical (unpaired) electrons. The summed E-state index contributed by atoms with van der Waals surface area (Å²) in [4.78, 5) is 20.4. The van der Waals surface area contributed by atoms with E-state index in [9.17, 15) is 13.6 Å². The van der Waals surface area contributed by atoms with Gasteiger partial charge in [-0.05, 0) is 24.3 Å². The molecular weight excluding hydrogens is 356 g/mol. The second-order valence-electron chi connectivity index (χ2n) is 5.68. The largest absolute Gasteiger partial charge is 0.417 e. The molecule has 0 spiro atoms. The van der Waals surface area contributed by atoms with Crippen LogP contribution in [0.4, 0.5) is 8.78 Å². The lowest BCUT2D eigenvalue weighted by molar-refractivity contribution is -0.0528. The highest BCUT2D eigenvalue weighted by Gasteiger charge is 2.09. The quantitative estimate of drug-likeness (QED) is 0.541. The van der Waals surface area contributed by atoms with Crippen molar-refractivity contribution < 1.29 is 13.5 Å². The van der Waals surface area contributed by atoms with Crippen molar-refractivity contribution in [2.75, 3.05) is 0 Å². The van der Waals surface area contributed by atoms with Crippen LogP contribution in [0.25, 0.3) is 16.9 Å². The van der Waals surface area contributed by atoms with Gasteiger partial charge in [0, 0.05) is 36.3 Å². The van der Waals surface area contributed by atoms with Gasteiger partial charge in [-0.3, -0.25) is 4.79 Å². The summed E-state index contributed by atoms with van der Waals surface area (Å²) in [6.45, 7) is -2.73. The first-order valence-electron chi connectivity index (χ1n) is 8.00. The number of fused-ring (bicyclic) bond motifs is 1. The lowest BCUT2D eigenvalue weighted by Gasteiger charge is -2.07. The van der Waals surface area contributed by atoms with Crippen molar-refractivity contribution in [3.63, 3.8) is 0 Å². The molecular formula is C18H13F2N5O2.